The van der Waals surface area contributed by atoms with E-state index >= 15 is 0 Å². The lowest BCUT2D eigenvalue weighted by Crippen LogP contribution is -2.36. The summed E-state index contributed by atoms with van der Waals surface area (Å²) in [6.07, 6.45) is 1.11. The van der Waals surface area contributed by atoms with Crippen molar-refractivity contribution in [1.29, 1.82) is 0 Å². The van der Waals surface area contributed by atoms with Crippen molar-refractivity contribution >= 4 is 16.9 Å². The molecule has 6 heteroatoms. The molecule has 2 aromatic heterocycles. The van der Waals surface area contributed by atoms with Crippen LogP contribution in [-0.4, -0.2) is 33.8 Å². The number of nitrogens with one attached hydrogen (secondary N) is 1. The average molecular weight is 332 g/mol. The van der Waals surface area contributed by atoms with Crippen molar-refractivity contribution in [3.63, 3.8) is 0 Å². The van der Waals surface area contributed by atoms with Gasteiger partial charge >= 0.3 is 0 Å². The fourth-order valence-electron chi connectivity index (χ4n) is 2.84. The van der Waals surface area contributed by atoms with Crippen molar-refractivity contribution in [2.75, 3.05) is 7.11 Å². The van der Waals surface area contributed by atoms with Gasteiger partial charge in [0, 0.05) is 25.2 Å². The molecule has 1 amide bonds. The second-order valence-electron chi connectivity index (χ2n) is 6.73. The maximum absolute atomic E-state index is 12.2. The van der Waals surface area contributed by atoms with Crippen molar-refractivity contribution in [3.05, 3.63) is 16.8 Å². The molecule has 6 nitrogen and oxygen atoms in total. The van der Waals surface area contributed by atoms with E-state index in [2.05, 4.69) is 29.2 Å². The smallest absolute Gasteiger partial charge is 0.242 e. The Bertz CT molecular complexity index is 749. The predicted octanol–water partition coefficient (Wildman–Crippen LogP) is 2.69. The van der Waals surface area contributed by atoms with Crippen LogP contribution in [0.25, 0.3) is 11.0 Å². The molecule has 0 saturated heterocycles. The van der Waals surface area contributed by atoms with Gasteiger partial charge in [-0.2, -0.15) is 0 Å². The third kappa shape index (κ3) is 3.52. The molecular weight excluding hydrogens is 304 g/mol. The molecule has 132 valence electrons. The van der Waals surface area contributed by atoms with Crippen LogP contribution in [0.4, 0.5) is 0 Å². The molecule has 24 heavy (non-hydrogen) atoms. The SMILES string of the molecule is COc1nn(C)c2nc(C)c(CCC(=O)N[C@@H](C)C(C)C)c(C)c12. The topological polar surface area (TPSA) is 69.0 Å². The summed E-state index contributed by atoms with van der Waals surface area (Å²) in [5, 5.41) is 8.34. The van der Waals surface area contributed by atoms with E-state index in [0.29, 0.717) is 24.6 Å². The van der Waals surface area contributed by atoms with Gasteiger partial charge in [-0.15, -0.1) is 5.10 Å². The number of aryl methyl sites for hydroxylation is 3. The molecule has 0 unspecified atom stereocenters. The number of rotatable bonds is 6. The number of ether oxygens (including phenoxy) is 1. The third-order valence-corrected chi connectivity index (χ3v) is 4.71. The minimum absolute atomic E-state index is 0.0771. The van der Waals surface area contributed by atoms with Gasteiger partial charge in [0.05, 0.1) is 12.5 Å². The Labute approximate surface area is 143 Å². The highest BCUT2D eigenvalue weighted by Crippen LogP contribution is 2.30. The molecule has 0 aromatic carbocycles. The lowest BCUT2D eigenvalue weighted by molar-refractivity contribution is -0.121. The van der Waals surface area contributed by atoms with Crippen LogP contribution in [0.15, 0.2) is 0 Å². The lowest BCUT2D eigenvalue weighted by Gasteiger charge is -2.18. The molecule has 0 fully saturated rings. The van der Waals surface area contributed by atoms with E-state index in [-0.39, 0.29) is 11.9 Å². The summed E-state index contributed by atoms with van der Waals surface area (Å²) in [5.41, 5.74) is 3.94. The molecule has 2 aromatic rings. The minimum Gasteiger partial charge on any atom is -0.479 e. The summed E-state index contributed by atoms with van der Waals surface area (Å²) >= 11 is 0. The molecule has 0 aliphatic carbocycles. The van der Waals surface area contributed by atoms with Crippen LogP contribution in [0.1, 0.15) is 44.0 Å². The molecule has 0 spiro atoms. The van der Waals surface area contributed by atoms with Gasteiger partial charge in [0.1, 0.15) is 0 Å². The largest absolute Gasteiger partial charge is 0.479 e. The Balaban J connectivity index is 2.25. The third-order valence-electron chi connectivity index (χ3n) is 4.71. The van der Waals surface area contributed by atoms with Crippen molar-refractivity contribution < 1.29 is 9.53 Å². The van der Waals surface area contributed by atoms with Crippen molar-refractivity contribution in [1.82, 2.24) is 20.1 Å². The number of pyridine rings is 1. The summed E-state index contributed by atoms with van der Waals surface area (Å²) in [5.74, 6) is 1.08. The Kier molecular flexibility index (Phi) is 5.47. The normalized spacial score (nSPS) is 12.7. The number of carbonyl (C=O) groups excluding carboxylic acids is 1. The molecule has 0 aliphatic rings. The quantitative estimate of drug-likeness (QED) is 0.883. The molecule has 1 atom stereocenters. The van der Waals surface area contributed by atoms with E-state index in [1.54, 1.807) is 11.8 Å². The summed E-state index contributed by atoms with van der Waals surface area (Å²) in [4.78, 5) is 16.8. The number of nitrogens with zero attached hydrogens (tertiary/aromatic N) is 3. The maximum Gasteiger partial charge on any atom is 0.242 e. The highest BCUT2D eigenvalue weighted by atomic mass is 16.5. The number of hydrogen-bond acceptors (Lipinski definition) is 4. The van der Waals surface area contributed by atoms with Crippen molar-refractivity contribution in [3.8, 4) is 5.88 Å². The van der Waals surface area contributed by atoms with Crippen LogP contribution in [0.5, 0.6) is 5.88 Å². The molecule has 2 heterocycles. The summed E-state index contributed by atoms with van der Waals surface area (Å²) in [6, 6.07) is 0.179. The first-order valence-corrected chi connectivity index (χ1v) is 8.42. The molecule has 0 aliphatic heterocycles. The minimum atomic E-state index is 0.0771. The number of amides is 1. The van der Waals surface area contributed by atoms with Gasteiger partial charge < -0.3 is 10.1 Å². The number of methoxy groups -OCH3 is 1. The predicted molar refractivity (Wildman–Crippen MR) is 95.3 cm³/mol. The van der Waals surface area contributed by atoms with Crippen LogP contribution >= 0.6 is 0 Å². The Hall–Kier alpha value is -2.11. The zero-order valence-electron chi connectivity index (χ0n) is 15.7. The maximum atomic E-state index is 12.2. The Morgan fingerprint density at radius 2 is 1.96 bits per heavy atom. The van der Waals surface area contributed by atoms with E-state index in [1.165, 1.54) is 0 Å². The molecule has 0 saturated carbocycles. The van der Waals surface area contributed by atoms with Gasteiger partial charge in [-0.1, -0.05) is 13.8 Å². The van der Waals surface area contributed by atoms with E-state index < -0.39 is 0 Å². The van der Waals surface area contributed by atoms with Crippen LogP contribution < -0.4 is 10.1 Å². The highest BCUT2D eigenvalue weighted by molar-refractivity contribution is 5.86. The lowest BCUT2D eigenvalue weighted by atomic mass is 9.99. The van der Waals surface area contributed by atoms with Crippen molar-refractivity contribution in [2.45, 2.75) is 53.5 Å². The fraction of sp³-hybridized carbons (Fsp3) is 0.611. The zero-order valence-corrected chi connectivity index (χ0v) is 15.7. The van der Waals surface area contributed by atoms with Gasteiger partial charge in [-0.05, 0) is 44.2 Å². The second-order valence-corrected chi connectivity index (χ2v) is 6.73. The highest BCUT2D eigenvalue weighted by Gasteiger charge is 2.19. The van der Waals surface area contributed by atoms with E-state index in [4.69, 9.17) is 4.74 Å². The van der Waals surface area contributed by atoms with E-state index in [0.717, 1.165) is 27.9 Å². The second kappa shape index (κ2) is 7.20. The number of aromatic nitrogens is 3. The molecule has 2 rings (SSSR count). The number of carbonyl (C=O) groups is 1. The monoisotopic (exact) mass is 332 g/mol. The first kappa shape index (κ1) is 18.2. The van der Waals surface area contributed by atoms with Crippen LogP contribution in [0.3, 0.4) is 0 Å². The van der Waals surface area contributed by atoms with Crippen LogP contribution in [-0.2, 0) is 18.3 Å². The fourth-order valence-corrected chi connectivity index (χ4v) is 2.84. The van der Waals surface area contributed by atoms with E-state index in [1.807, 2.05) is 27.8 Å². The summed E-state index contributed by atoms with van der Waals surface area (Å²) < 4.78 is 7.11. The summed E-state index contributed by atoms with van der Waals surface area (Å²) in [7, 11) is 3.47. The van der Waals surface area contributed by atoms with Gasteiger partial charge in [0.15, 0.2) is 5.65 Å². The standard InChI is InChI=1S/C18H28N4O2/c1-10(2)12(4)19-15(23)9-8-14-11(3)16-17(20-13(14)5)22(6)21-18(16)24-7/h10,12H,8-9H2,1-7H3,(H,19,23)/t12-/m0/s1. The molecule has 0 radical (unpaired) electrons. The molecule has 0 bridgehead atoms. The summed E-state index contributed by atoms with van der Waals surface area (Å²) in [6.45, 7) is 10.3. The Morgan fingerprint density at radius 1 is 1.29 bits per heavy atom. The first-order valence-electron chi connectivity index (χ1n) is 8.42. The van der Waals surface area contributed by atoms with Crippen LogP contribution in [0.2, 0.25) is 0 Å². The average Bonchev–Trinajstić information content (AvgIpc) is 2.83. The Morgan fingerprint density at radius 3 is 2.54 bits per heavy atom. The van der Waals surface area contributed by atoms with Gasteiger partial charge in [0.25, 0.3) is 0 Å². The first-order chi connectivity index (χ1) is 11.3. The van der Waals surface area contributed by atoms with Crippen LogP contribution in [0, 0.1) is 19.8 Å². The van der Waals surface area contributed by atoms with E-state index in [9.17, 15) is 4.79 Å². The molecular formula is C18H28N4O2. The molecule has 1 N–H and O–H groups in total. The number of fused-ring (bicyclic) bond motifs is 1. The number of hydrogen-bond donors (Lipinski definition) is 1. The van der Waals surface area contributed by atoms with Crippen molar-refractivity contribution in [2.24, 2.45) is 13.0 Å². The van der Waals surface area contributed by atoms with Gasteiger partial charge in [-0.3, -0.25) is 4.79 Å². The van der Waals surface area contributed by atoms with Gasteiger partial charge in [0.2, 0.25) is 11.8 Å². The zero-order chi connectivity index (χ0) is 18.0. The van der Waals surface area contributed by atoms with Gasteiger partial charge in [-0.25, -0.2) is 9.67 Å².